The number of hydrogen-bond donors (Lipinski definition) is 1. The quantitative estimate of drug-likeness (QED) is 0.919. The molecule has 0 aliphatic heterocycles. The Morgan fingerprint density at radius 3 is 2.62 bits per heavy atom. The number of hydrogen-bond acceptors (Lipinski definition) is 3. The van der Waals surface area contributed by atoms with Crippen LogP contribution in [0.1, 0.15) is 26.3 Å². The molecule has 0 saturated heterocycles. The zero-order chi connectivity index (χ0) is 15.5. The van der Waals surface area contributed by atoms with Crippen LogP contribution in [-0.4, -0.2) is 39.5 Å². The highest BCUT2D eigenvalue weighted by atomic mass is 16.3. The molecule has 4 nitrogen and oxygen atoms in total. The van der Waals surface area contributed by atoms with E-state index in [1.165, 1.54) is 5.56 Å². The fourth-order valence-electron chi connectivity index (χ4n) is 2.69. The van der Waals surface area contributed by atoms with Gasteiger partial charge in [-0.3, -0.25) is 4.90 Å². The van der Waals surface area contributed by atoms with Gasteiger partial charge in [0.15, 0.2) is 0 Å². The Morgan fingerprint density at radius 2 is 2.05 bits per heavy atom. The van der Waals surface area contributed by atoms with E-state index in [4.69, 9.17) is 0 Å². The second-order valence-electron chi connectivity index (χ2n) is 6.60. The van der Waals surface area contributed by atoms with Crippen LogP contribution < -0.4 is 0 Å². The van der Waals surface area contributed by atoms with Crippen LogP contribution in [-0.2, 0) is 6.54 Å². The van der Waals surface area contributed by atoms with Gasteiger partial charge < -0.3 is 5.11 Å². The number of aromatic nitrogens is 2. The van der Waals surface area contributed by atoms with Crippen LogP contribution in [0.2, 0.25) is 0 Å². The van der Waals surface area contributed by atoms with Crippen LogP contribution in [0.3, 0.4) is 0 Å². The van der Waals surface area contributed by atoms with E-state index in [1.54, 1.807) is 6.20 Å². The predicted octanol–water partition coefficient (Wildman–Crippen LogP) is 2.71. The molecule has 114 valence electrons. The summed E-state index contributed by atoms with van der Waals surface area (Å²) in [5, 5.41) is 13.9. The third kappa shape index (κ3) is 3.93. The van der Waals surface area contributed by atoms with E-state index in [2.05, 4.69) is 50.0 Å². The van der Waals surface area contributed by atoms with Gasteiger partial charge in [-0.1, -0.05) is 32.9 Å². The van der Waals surface area contributed by atoms with E-state index in [0.717, 1.165) is 12.2 Å². The summed E-state index contributed by atoms with van der Waals surface area (Å²) < 4.78 is 1.86. The molecule has 0 aliphatic carbocycles. The lowest BCUT2D eigenvalue weighted by atomic mass is 9.86. The summed E-state index contributed by atoms with van der Waals surface area (Å²) in [6.45, 7) is 7.44. The molecule has 0 amide bonds. The second kappa shape index (κ2) is 6.41. The summed E-state index contributed by atoms with van der Waals surface area (Å²) >= 11 is 0. The topological polar surface area (TPSA) is 41.3 Å². The minimum Gasteiger partial charge on any atom is -0.395 e. The van der Waals surface area contributed by atoms with Gasteiger partial charge in [-0.15, -0.1) is 0 Å². The highest BCUT2D eigenvalue weighted by Gasteiger charge is 2.27. The Morgan fingerprint density at radius 1 is 1.29 bits per heavy atom. The van der Waals surface area contributed by atoms with Crippen LogP contribution in [0.4, 0.5) is 0 Å². The molecule has 1 N–H and O–H groups in total. The fraction of sp³-hybridized carbons (Fsp3) is 0.471. The Hall–Kier alpha value is -1.65. The van der Waals surface area contributed by atoms with Crippen molar-refractivity contribution in [1.82, 2.24) is 14.7 Å². The van der Waals surface area contributed by atoms with Crippen LogP contribution in [0.5, 0.6) is 0 Å². The third-order valence-corrected chi connectivity index (χ3v) is 3.82. The molecule has 4 heteroatoms. The van der Waals surface area contributed by atoms with Gasteiger partial charge in [0.05, 0.1) is 12.3 Å². The molecule has 0 fully saturated rings. The minimum absolute atomic E-state index is 0.0447. The molecule has 0 aliphatic rings. The Balaban J connectivity index is 2.14. The SMILES string of the molecule is CN(Cc1cccc(-n2cccn2)c1)C(CO)C(C)(C)C. The van der Waals surface area contributed by atoms with Crippen molar-refractivity contribution >= 4 is 0 Å². The summed E-state index contributed by atoms with van der Waals surface area (Å²) in [6.07, 6.45) is 3.72. The molecular weight excluding hydrogens is 262 g/mol. The molecule has 0 bridgehead atoms. The van der Waals surface area contributed by atoms with E-state index < -0.39 is 0 Å². The van der Waals surface area contributed by atoms with Crippen LogP contribution in [0.15, 0.2) is 42.7 Å². The maximum atomic E-state index is 9.66. The molecule has 0 saturated carbocycles. The summed E-state index contributed by atoms with van der Waals surface area (Å²) in [6, 6.07) is 10.4. The van der Waals surface area contributed by atoms with Crippen molar-refractivity contribution in [3.63, 3.8) is 0 Å². The van der Waals surface area contributed by atoms with Gasteiger partial charge >= 0.3 is 0 Å². The molecule has 1 unspecified atom stereocenters. The lowest BCUT2D eigenvalue weighted by Crippen LogP contribution is -2.43. The number of nitrogens with zero attached hydrogens (tertiary/aromatic N) is 3. The van der Waals surface area contributed by atoms with Crippen LogP contribution in [0, 0.1) is 5.41 Å². The smallest absolute Gasteiger partial charge is 0.0648 e. The second-order valence-corrected chi connectivity index (χ2v) is 6.60. The third-order valence-electron chi connectivity index (χ3n) is 3.82. The van der Waals surface area contributed by atoms with Gasteiger partial charge in [0.2, 0.25) is 0 Å². The van der Waals surface area contributed by atoms with Gasteiger partial charge in [0.25, 0.3) is 0 Å². The first-order valence-electron chi connectivity index (χ1n) is 7.32. The summed E-state index contributed by atoms with van der Waals surface area (Å²) in [7, 11) is 2.06. The average molecular weight is 287 g/mol. The number of aliphatic hydroxyl groups excluding tert-OH is 1. The number of aliphatic hydroxyl groups is 1. The highest BCUT2D eigenvalue weighted by molar-refractivity contribution is 5.35. The number of likely N-dealkylation sites (N-methyl/N-ethyl adjacent to an activating group) is 1. The largest absolute Gasteiger partial charge is 0.395 e. The first-order valence-corrected chi connectivity index (χ1v) is 7.32. The summed E-state index contributed by atoms with van der Waals surface area (Å²) in [5.74, 6) is 0. The van der Waals surface area contributed by atoms with Gasteiger partial charge in [0.1, 0.15) is 0 Å². The van der Waals surface area contributed by atoms with E-state index in [1.807, 2.05) is 29.1 Å². The van der Waals surface area contributed by atoms with Crippen molar-refractivity contribution in [2.45, 2.75) is 33.4 Å². The average Bonchev–Trinajstić information content (AvgIpc) is 2.91. The van der Waals surface area contributed by atoms with Gasteiger partial charge in [-0.2, -0.15) is 5.10 Å². The molecular formula is C17H25N3O. The lowest BCUT2D eigenvalue weighted by molar-refractivity contribution is 0.0614. The van der Waals surface area contributed by atoms with E-state index in [-0.39, 0.29) is 18.1 Å². The Labute approximate surface area is 127 Å². The van der Waals surface area contributed by atoms with Crippen molar-refractivity contribution in [1.29, 1.82) is 0 Å². The maximum absolute atomic E-state index is 9.66. The molecule has 21 heavy (non-hydrogen) atoms. The van der Waals surface area contributed by atoms with Crippen LogP contribution in [0.25, 0.3) is 5.69 Å². The van der Waals surface area contributed by atoms with Crippen LogP contribution >= 0.6 is 0 Å². The van der Waals surface area contributed by atoms with E-state index in [0.29, 0.717) is 0 Å². The standard InChI is InChI=1S/C17H25N3O/c1-17(2,3)16(13-21)19(4)12-14-7-5-8-15(11-14)20-10-6-9-18-20/h5-11,16,21H,12-13H2,1-4H3. The van der Waals surface area contributed by atoms with E-state index in [9.17, 15) is 5.11 Å². The first kappa shape index (κ1) is 15.7. The van der Waals surface area contributed by atoms with E-state index >= 15 is 0 Å². The number of rotatable bonds is 5. The van der Waals surface area contributed by atoms with Crippen molar-refractivity contribution in [2.24, 2.45) is 5.41 Å². The molecule has 2 aromatic rings. The maximum Gasteiger partial charge on any atom is 0.0648 e. The molecule has 2 rings (SSSR count). The van der Waals surface area contributed by atoms with Crippen molar-refractivity contribution in [3.8, 4) is 5.69 Å². The number of benzene rings is 1. The minimum atomic E-state index is 0.0447. The zero-order valence-corrected chi connectivity index (χ0v) is 13.3. The molecule has 1 aromatic heterocycles. The fourth-order valence-corrected chi connectivity index (χ4v) is 2.69. The normalized spacial score (nSPS) is 13.6. The summed E-state index contributed by atoms with van der Waals surface area (Å²) in [4.78, 5) is 2.21. The molecule has 1 heterocycles. The zero-order valence-electron chi connectivity index (χ0n) is 13.3. The van der Waals surface area contributed by atoms with Gasteiger partial charge in [-0.05, 0) is 36.2 Å². The summed E-state index contributed by atoms with van der Waals surface area (Å²) in [5.41, 5.74) is 2.32. The van der Waals surface area contributed by atoms with Crippen molar-refractivity contribution in [3.05, 3.63) is 48.3 Å². The van der Waals surface area contributed by atoms with Crippen molar-refractivity contribution < 1.29 is 5.11 Å². The molecule has 0 spiro atoms. The van der Waals surface area contributed by atoms with Gasteiger partial charge in [-0.25, -0.2) is 4.68 Å². The van der Waals surface area contributed by atoms with Gasteiger partial charge in [0, 0.05) is 25.0 Å². The lowest BCUT2D eigenvalue weighted by Gasteiger charge is -2.36. The molecule has 1 atom stereocenters. The Kier molecular flexibility index (Phi) is 4.80. The van der Waals surface area contributed by atoms with Crippen molar-refractivity contribution in [2.75, 3.05) is 13.7 Å². The highest BCUT2D eigenvalue weighted by Crippen LogP contribution is 2.24. The first-order chi connectivity index (χ1) is 9.91. The molecule has 0 radical (unpaired) electrons. The monoisotopic (exact) mass is 287 g/mol. The molecule has 1 aromatic carbocycles. The predicted molar refractivity (Wildman–Crippen MR) is 85.4 cm³/mol. The Bertz CT molecular complexity index is 558.